The van der Waals surface area contributed by atoms with Crippen LogP contribution >= 0.6 is 0 Å². The zero-order chi connectivity index (χ0) is 19.8. The summed E-state index contributed by atoms with van der Waals surface area (Å²) in [6.45, 7) is 0. The van der Waals surface area contributed by atoms with E-state index in [4.69, 9.17) is 4.74 Å². The Morgan fingerprint density at radius 3 is 2.04 bits per heavy atom. The molecule has 0 saturated heterocycles. The second-order valence-electron chi connectivity index (χ2n) is 5.64. The third-order valence-electron chi connectivity index (χ3n) is 3.65. The molecule has 0 fully saturated rings. The Balaban J connectivity index is 1.97. The second-order valence-corrected chi connectivity index (χ2v) is 5.64. The number of phenolic OH excluding ortho intramolecular Hbond substituents is 2. The topological polar surface area (TPSA) is 101 Å². The lowest BCUT2D eigenvalue weighted by atomic mass is 10.1. The third kappa shape index (κ3) is 5.67. The van der Waals surface area contributed by atoms with Gasteiger partial charge in [0.15, 0.2) is 29.4 Å². The van der Waals surface area contributed by atoms with E-state index in [0.717, 1.165) is 0 Å². The standard InChI is InChI=1S/C21H18O6/c1-27-21-11-15(5-9-20(21)26)3-7-18(24)12-17(23)6-2-14-4-8-19(25)16(10-14)13-22/h2-11,13,25-26H,12H2,1H3/b6-2+,7-3+. The minimum Gasteiger partial charge on any atom is -0.507 e. The van der Waals surface area contributed by atoms with Crippen molar-refractivity contribution in [2.75, 3.05) is 7.11 Å². The summed E-state index contributed by atoms with van der Waals surface area (Å²) in [5.41, 5.74) is 1.32. The molecule has 0 aromatic heterocycles. The molecule has 0 spiro atoms. The van der Waals surface area contributed by atoms with Crippen LogP contribution in [0.15, 0.2) is 48.6 Å². The molecule has 0 aliphatic heterocycles. The molecule has 0 radical (unpaired) electrons. The van der Waals surface area contributed by atoms with Crippen LogP contribution < -0.4 is 4.74 Å². The summed E-state index contributed by atoms with van der Waals surface area (Å²) >= 11 is 0. The van der Waals surface area contributed by atoms with E-state index in [2.05, 4.69) is 0 Å². The van der Waals surface area contributed by atoms with E-state index in [0.29, 0.717) is 17.4 Å². The Kier molecular flexibility index (Phi) is 6.66. The van der Waals surface area contributed by atoms with Crippen LogP contribution in [0.25, 0.3) is 12.2 Å². The first-order valence-corrected chi connectivity index (χ1v) is 8.00. The van der Waals surface area contributed by atoms with Gasteiger partial charge in [-0.2, -0.15) is 0 Å². The Hall–Kier alpha value is -3.67. The molecule has 2 aromatic carbocycles. The molecular weight excluding hydrogens is 348 g/mol. The highest BCUT2D eigenvalue weighted by Gasteiger charge is 2.05. The van der Waals surface area contributed by atoms with Crippen LogP contribution in [0.4, 0.5) is 0 Å². The molecule has 0 unspecified atom stereocenters. The van der Waals surface area contributed by atoms with E-state index in [1.54, 1.807) is 18.2 Å². The smallest absolute Gasteiger partial charge is 0.163 e. The van der Waals surface area contributed by atoms with Crippen molar-refractivity contribution in [2.24, 2.45) is 0 Å². The van der Waals surface area contributed by atoms with Crippen LogP contribution in [-0.2, 0) is 9.59 Å². The predicted octanol–water partition coefficient (Wildman–Crippen LogP) is 3.17. The van der Waals surface area contributed by atoms with E-state index >= 15 is 0 Å². The number of aromatic hydroxyl groups is 2. The average molecular weight is 366 g/mol. The molecule has 0 bridgehead atoms. The van der Waals surface area contributed by atoms with Crippen LogP contribution in [0.3, 0.4) is 0 Å². The molecule has 6 nitrogen and oxygen atoms in total. The first-order chi connectivity index (χ1) is 12.9. The van der Waals surface area contributed by atoms with Crippen LogP contribution in [0, 0.1) is 0 Å². The van der Waals surface area contributed by atoms with Crippen molar-refractivity contribution in [1.29, 1.82) is 0 Å². The quantitative estimate of drug-likeness (QED) is 0.423. The van der Waals surface area contributed by atoms with Gasteiger partial charge in [-0.05, 0) is 47.5 Å². The molecule has 2 N–H and O–H groups in total. The first-order valence-electron chi connectivity index (χ1n) is 8.00. The van der Waals surface area contributed by atoms with Gasteiger partial charge in [0.05, 0.1) is 19.1 Å². The number of methoxy groups -OCH3 is 1. The van der Waals surface area contributed by atoms with E-state index in [1.807, 2.05) is 0 Å². The highest BCUT2D eigenvalue weighted by atomic mass is 16.5. The number of hydrogen-bond donors (Lipinski definition) is 2. The molecule has 0 aliphatic rings. The van der Waals surface area contributed by atoms with E-state index in [-0.39, 0.29) is 35.0 Å². The Morgan fingerprint density at radius 1 is 0.926 bits per heavy atom. The average Bonchev–Trinajstić information content (AvgIpc) is 2.66. The molecule has 27 heavy (non-hydrogen) atoms. The molecule has 2 aromatic rings. The SMILES string of the molecule is COc1cc(/C=C/C(=O)CC(=O)/C=C/c2ccc(O)c(C=O)c2)ccc1O. The summed E-state index contributed by atoms with van der Waals surface area (Å²) in [5, 5.41) is 19.0. The summed E-state index contributed by atoms with van der Waals surface area (Å²) in [5.74, 6) is -0.634. The number of allylic oxidation sites excluding steroid dienone is 2. The van der Waals surface area contributed by atoms with Crippen molar-refractivity contribution in [2.45, 2.75) is 6.42 Å². The number of hydrogen-bond acceptors (Lipinski definition) is 6. The Labute approximate surface area is 156 Å². The minimum absolute atomic E-state index is 0.00624. The summed E-state index contributed by atoms with van der Waals surface area (Å²) in [7, 11) is 1.42. The lowest BCUT2D eigenvalue weighted by Gasteiger charge is -2.03. The molecule has 0 atom stereocenters. The van der Waals surface area contributed by atoms with Crippen molar-refractivity contribution in [3.05, 3.63) is 65.2 Å². The second kappa shape index (κ2) is 9.15. The van der Waals surface area contributed by atoms with Gasteiger partial charge in [0.2, 0.25) is 0 Å². The maximum atomic E-state index is 11.9. The number of benzene rings is 2. The van der Waals surface area contributed by atoms with Gasteiger partial charge in [-0.15, -0.1) is 0 Å². The fourth-order valence-corrected chi connectivity index (χ4v) is 2.24. The number of carbonyl (C=O) groups is 3. The largest absolute Gasteiger partial charge is 0.507 e. The van der Waals surface area contributed by atoms with Gasteiger partial charge in [-0.1, -0.05) is 24.3 Å². The van der Waals surface area contributed by atoms with Gasteiger partial charge < -0.3 is 14.9 Å². The maximum absolute atomic E-state index is 11.9. The summed E-state index contributed by atoms with van der Waals surface area (Å²) in [6.07, 6.45) is 5.73. The lowest BCUT2D eigenvalue weighted by Crippen LogP contribution is -2.01. The fourth-order valence-electron chi connectivity index (χ4n) is 2.24. The molecule has 0 saturated carbocycles. The Bertz CT molecular complexity index is 924. The number of phenols is 2. The van der Waals surface area contributed by atoms with Crippen molar-refractivity contribution in [3.8, 4) is 17.2 Å². The van der Waals surface area contributed by atoms with Crippen molar-refractivity contribution >= 4 is 30.0 Å². The lowest BCUT2D eigenvalue weighted by molar-refractivity contribution is -0.121. The molecular formula is C21H18O6. The van der Waals surface area contributed by atoms with Crippen molar-refractivity contribution < 1.29 is 29.3 Å². The monoisotopic (exact) mass is 366 g/mol. The van der Waals surface area contributed by atoms with E-state index in [1.165, 1.54) is 49.6 Å². The highest BCUT2D eigenvalue weighted by molar-refractivity contribution is 6.10. The number of carbonyl (C=O) groups excluding carboxylic acids is 3. The molecule has 2 rings (SSSR count). The number of aldehydes is 1. The van der Waals surface area contributed by atoms with Crippen LogP contribution in [-0.4, -0.2) is 35.2 Å². The number of rotatable bonds is 8. The first kappa shape index (κ1) is 19.7. The third-order valence-corrected chi connectivity index (χ3v) is 3.65. The van der Waals surface area contributed by atoms with Gasteiger partial charge in [-0.3, -0.25) is 14.4 Å². The number of ketones is 2. The zero-order valence-electron chi connectivity index (χ0n) is 14.6. The van der Waals surface area contributed by atoms with Gasteiger partial charge in [0.1, 0.15) is 5.75 Å². The summed E-state index contributed by atoms with van der Waals surface area (Å²) in [6, 6.07) is 8.96. The maximum Gasteiger partial charge on any atom is 0.163 e. The van der Waals surface area contributed by atoms with Crippen molar-refractivity contribution in [3.63, 3.8) is 0 Å². The van der Waals surface area contributed by atoms with Crippen LogP contribution in [0.2, 0.25) is 0 Å². The summed E-state index contributed by atoms with van der Waals surface area (Å²) < 4.78 is 4.99. The molecule has 0 amide bonds. The van der Waals surface area contributed by atoms with Crippen LogP contribution in [0.1, 0.15) is 27.9 Å². The fraction of sp³-hybridized carbons (Fsp3) is 0.0952. The molecule has 0 heterocycles. The van der Waals surface area contributed by atoms with Gasteiger partial charge in [0.25, 0.3) is 0 Å². The van der Waals surface area contributed by atoms with Gasteiger partial charge in [-0.25, -0.2) is 0 Å². The minimum atomic E-state index is -0.395. The highest BCUT2D eigenvalue weighted by Crippen LogP contribution is 2.26. The number of ether oxygens (including phenoxy) is 1. The summed E-state index contributed by atoms with van der Waals surface area (Å²) in [4.78, 5) is 34.6. The Morgan fingerprint density at radius 2 is 1.48 bits per heavy atom. The van der Waals surface area contributed by atoms with E-state index < -0.39 is 5.78 Å². The molecule has 0 aliphatic carbocycles. The molecule has 138 valence electrons. The zero-order valence-corrected chi connectivity index (χ0v) is 14.6. The van der Waals surface area contributed by atoms with Crippen molar-refractivity contribution in [1.82, 2.24) is 0 Å². The van der Waals surface area contributed by atoms with Gasteiger partial charge >= 0.3 is 0 Å². The van der Waals surface area contributed by atoms with Crippen LogP contribution in [0.5, 0.6) is 17.2 Å². The predicted molar refractivity (Wildman–Crippen MR) is 101 cm³/mol. The van der Waals surface area contributed by atoms with E-state index in [9.17, 15) is 24.6 Å². The van der Waals surface area contributed by atoms with Gasteiger partial charge in [0, 0.05) is 0 Å². The normalized spacial score (nSPS) is 11.0. The molecule has 6 heteroatoms.